The molecule has 3 N–H and O–H groups in total. The molecule has 5 heteroatoms. The van der Waals surface area contributed by atoms with Crippen LogP contribution in [-0.4, -0.2) is 16.1 Å². The first-order valence-corrected chi connectivity index (χ1v) is 7.17. The summed E-state index contributed by atoms with van der Waals surface area (Å²) in [6.07, 6.45) is 1.64. The number of rotatable bonds is 3. The molecule has 0 saturated carbocycles. The Hall–Kier alpha value is -2.66. The number of aromatic nitrogens is 1. The molecule has 2 aromatic carbocycles. The van der Waals surface area contributed by atoms with Gasteiger partial charge in [0.15, 0.2) is 5.13 Å². The van der Waals surface area contributed by atoms with E-state index in [2.05, 4.69) is 4.98 Å². The fourth-order valence-corrected chi connectivity index (χ4v) is 2.75. The molecule has 0 aliphatic heterocycles. The van der Waals surface area contributed by atoms with Crippen molar-refractivity contribution in [2.75, 3.05) is 5.73 Å². The molecule has 0 aliphatic carbocycles. The van der Waals surface area contributed by atoms with Gasteiger partial charge in [-0.05, 0) is 22.4 Å². The van der Waals surface area contributed by atoms with Gasteiger partial charge in [-0.15, -0.1) is 11.3 Å². The largest absolute Gasteiger partial charge is 0.478 e. The van der Waals surface area contributed by atoms with E-state index in [1.54, 1.807) is 11.5 Å². The van der Waals surface area contributed by atoms with Crippen LogP contribution in [0, 0.1) is 0 Å². The predicted octanol–water partition coefficient (Wildman–Crippen LogP) is 3.50. The predicted molar refractivity (Wildman–Crippen MR) is 86.0 cm³/mol. The first-order valence-electron chi connectivity index (χ1n) is 6.29. The molecule has 0 bridgehead atoms. The molecule has 3 aromatic rings. The summed E-state index contributed by atoms with van der Waals surface area (Å²) < 4.78 is 0. The lowest BCUT2D eigenvalue weighted by Gasteiger charge is -2.04. The van der Waals surface area contributed by atoms with Crippen molar-refractivity contribution in [2.45, 2.75) is 0 Å². The van der Waals surface area contributed by atoms with E-state index >= 15 is 0 Å². The van der Waals surface area contributed by atoms with Crippen molar-refractivity contribution in [1.82, 2.24) is 4.98 Å². The minimum Gasteiger partial charge on any atom is -0.478 e. The van der Waals surface area contributed by atoms with Gasteiger partial charge in [-0.3, -0.25) is 0 Å². The molecule has 0 radical (unpaired) electrons. The van der Waals surface area contributed by atoms with Gasteiger partial charge in [0.25, 0.3) is 0 Å². The maximum absolute atomic E-state index is 11.5. The van der Waals surface area contributed by atoms with E-state index in [0.717, 1.165) is 16.3 Å². The smallest absolute Gasteiger partial charge is 0.337 e. The van der Waals surface area contributed by atoms with Gasteiger partial charge in [-0.1, -0.05) is 42.5 Å². The number of nitrogens with two attached hydrogens (primary N) is 1. The van der Waals surface area contributed by atoms with E-state index in [0.29, 0.717) is 10.8 Å². The summed E-state index contributed by atoms with van der Waals surface area (Å²) in [5, 5.41) is 13.5. The average Bonchev–Trinajstić information content (AvgIpc) is 2.90. The van der Waals surface area contributed by atoms with Gasteiger partial charge < -0.3 is 10.8 Å². The zero-order valence-corrected chi connectivity index (χ0v) is 11.8. The molecule has 104 valence electrons. The lowest BCUT2D eigenvalue weighted by Crippen LogP contribution is -2.00. The minimum absolute atomic E-state index is 0.138. The molecule has 0 saturated heterocycles. The molecular weight excluding hydrogens is 284 g/mol. The maximum Gasteiger partial charge on any atom is 0.337 e. The van der Waals surface area contributed by atoms with Crippen LogP contribution in [0.2, 0.25) is 0 Å². The Morgan fingerprint density at radius 2 is 1.95 bits per heavy atom. The molecule has 21 heavy (non-hydrogen) atoms. The number of anilines is 1. The van der Waals surface area contributed by atoms with Crippen molar-refractivity contribution >= 4 is 44.9 Å². The van der Waals surface area contributed by atoms with Gasteiger partial charge in [-0.25, -0.2) is 9.78 Å². The number of fused-ring (bicyclic) bond motifs is 1. The summed E-state index contributed by atoms with van der Waals surface area (Å²) >= 11 is 1.23. The van der Waals surface area contributed by atoms with Crippen molar-refractivity contribution in [1.29, 1.82) is 0 Å². The third-order valence-corrected chi connectivity index (χ3v) is 3.83. The number of benzene rings is 2. The van der Waals surface area contributed by atoms with Crippen LogP contribution in [0.25, 0.3) is 22.4 Å². The van der Waals surface area contributed by atoms with Crippen LogP contribution in [0.1, 0.15) is 11.3 Å². The van der Waals surface area contributed by atoms with Crippen LogP contribution in [0.4, 0.5) is 5.13 Å². The standard InChI is InChI=1S/C16H12N2O2S/c17-16-18-14(9-21-16)13(15(19)20)8-11-6-3-5-10-4-1-2-7-12(10)11/h1-9H,(H2,17,18)(H,19,20). The lowest BCUT2D eigenvalue weighted by molar-refractivity contribution is -0.130. The van der Waals surface area contributed by atoms with Crippen LogP contribution in [-0.2, 0) is 4.79 Å². The Labute approximate surface area is 125 Å². The van der Waals surface area contributed by atoms with E-state index in [4.69, 9.17) is 5.73 Å². The van der Waals surface area contributed by atoms with Crippen LogP contribution in [0.5, 0.6) is 0 Å². The molecule has 0 spiro atoms. The summed E-state index contributed by atoms with van der Waals surface area (Å²) in [4.78, 5) is 15.6. The number of carboxylic acids is 1. The average molecular weight is 296 g/mol. The van der Waals surface area contributed by atoms with Gasteiger partial charge in [0.1, 0.15) is 0 Å². The Balaban J connectivity index is 2.18. The minimum atomic E-state index is -1.02. The Kier molecular flexibility index (Phi) is 3.41. The molecule has 4 nitrogen and oxygen atoms in total. The van der Waals surface area contributed by atoms with E-state index in [1.807, 2.05) is 42.5 Å². The number of thiazole rings is 1. The number of hydrogen-bond donors (Lipinski definition) is 2. The number of carbonyl (C=O) groups is 1. The SMILES string of the molecule is Nc1nc(C(=Cc2cccc3ccccc23)C(=O)O)cs1. The number of nitrogens with zero attached hydrogens (tertiary/aromatic N) is 1. The third kappa shape index (κ3) is 2.64. The summed E-state index contributed by atoms with van der Waals surface area (Å²) in [5.41, 5.74) is 6.96. The van der Waals surface area contributed by atoms with Crippen LogP contribution in [0.3, 0.4) is 0 Å². The first-order chi connectivity index (χ1) is 10.1. The van der Waals surface area contributed by atoms with Crippen LogP contribution < -0.4 is 5.73 Å². The van der Waals surface area contributed by atoms with Gasteiger partial charge >= 0.3 is 5.97 Å². The zero-order chi connectivity index (χ0) is 14.8. The highest BCUT2D eigenvalue weighted by Crippen LogP contribution is 2.25. The van der Waals surface area contributed by atoms with Crippen LogP contribution in [0.15, 0.2) is 47.8 Å². The van der Waals surface area contributed by atoms with Crippen LogP contribution >= 0.6 is 11.3 Å². The normalized spacial score (nSPS) is 11.7. The molecule has 0 unspecified atom stereocenters. The zero-order valence-electron chi connectivity index (χ0n) is 11.0. The quantitative estimate of drug-likeness (QED) is 0.725. The molecule has 1 heterocycles. The Morgan fingerprint density at radius 1 is 1.19 bits per heavy atom. The van der Waals surface area contributed by atoms with Crippen molar-refractivity contribution in [3.05, 3.63) is 59.1 Å². The highest BCUT2D eigenvalue weighted by atomic mass is 32.1. The second-order valence-electron chi connectivity index (χ2n) is 4.50. The molecule has 0 fully saturated rings. The maximum atomic E-state index is 11.5. The van der Waals surface area contributed by atoms with Gasteiger partial charge in [0, 0.05) is 5.38 Å². The molecule has 0 aliphatic rings. The van der Waals surface area contributed by atoms with Gasteiger partial charge in [0.05, 0.1) is 11.3 Å². The Morgan fingerprint density at radius 3 is 2.67 bits per heavy atom. The van der Waals surface area contributed by atoms with E-state index < -0.39 is 5.97 Å². The third-order valence-electron chi connectivity index (χ3n) is 3.15. The van der Waals surface area contributed by atoms with Gasteiger partial charge in [0.2, 0.25) is 0 Å². The number of hydrogen-bond acceptors (Lipinski definition) is 4. The molecule has 0 atom stereocenters. The van der Waals surface area contributed by atoms with Crippen molar-refractivity contribution in [3.8, 4) is 0 Å². The summed E-state index contributed by atoms with van der Waals surface area (Å²) in [6, 6.07) is 13.6. The fraction of sp³-hybridized carbons (Fsp3) is 0. The van der Waals surface area contributed by atoms with Gasteiger partial charge in [-0.2, -0.15) is 0 Å². The Bertz CT molecular complexity index is 847. The number of aliphatic carboxylic acids is 1. The first kappa shape index (κ1) is 13.3. The summed E-state index contributed by atoms with van der Waals surface area (Å²) in [5.74, 6) is -1.02. The van der Waals surface area contributed by atoms with Crippen molar-refractivity contribution in [2.24, 2.45) is 0 Å². The highest BCUT2D eigenvalue weighted by Gasteiger charge is 2.14. The second kappa shape index (κ2) is 5.38. The number of carboxylic acid groups (broad SMARTS) is 1. The topological polar surface area (TPSA) is 76.2 Å². The van der Waals surface area contributed by atoms with Crippen molar-refractivity contribution in [3.63, 3.8) is 0 Å². The second-order valence-corrected chi connectivity index (χ2v) is 5.39. The van der Waals surface area contributed by atoms with E-state index in [-0.39, 0.29) is 5.57 Å². The van der Waals surface area contributed by atoms with Crippen molar-refractivity contribution < 1.29 is 9.90 Å². The molecule has 3 rings (SSSR count). The lowest BCUT2D eigenvalue weighted by atomic mass is 10.0. The van der Waals surface area contributed by atoms with E-state index in [1.165, 1.54) is 11.3 Å². The number of nitrogen functional groups attached to an aromatic ring is 1. The fourth-order valence-electron chi connectivity index (χ4n) is 2.19. The molecule has 1 aromatic heterocycles. The highest BCUT2D eigenvalue weighted by molar-refractivity contribution is 7.13. The van der Waals surface area contributed by atoms with E-state index in [9.17, 15) is 9.90 Å². The summed E-state index contributed by atoms with van der Waals surface area (Å²) in [6.45, 7) is 0. The summed E-state index contributed by atoms with van der Waals surface area (Å²) in [7, 11) is 0. The monoisotopic (exact) mass is 296 g/mol. The molecular formula is C16H12N2O2S. The molecule has 0 amide bonds.